The molecule has 0 spiro atoms. The minimum absolute atomic E-state index is 0. The Morgan fingerprint density at radius 2 is 1.67 bits per heavy atom. The number of anilines is 1. The third kappa shape index (κ3) is 11.2. The van der Waals surface area contributed by atoms with E-state index in [0.717, 1.165) is 30.9 Å². The van der Waals surface area contributed by atoms with Gasteiger partial charge >= 0.3 is 6.03 Å². The maximum absolute atomic E-state index is 12.1. The third-order valence-corrected chi connectivity index (χ3v) is 4.14. The number of hydrogen-bond acceptors (Lipinski definition) is 3. The number of benzene rings is 1. The Hall–Kier alpha value is -2.04. The van der Waals surface area contributed by atoms with Crippen molar-refractivity contribution < 1.29 is 9.59 Å². The van der Waals surface area contributed by atoms with Gasteiger partial charge in [0, 0.05) is 44.3 Å². The van der Waals surface area contributed by atoms with Gasteiger partial charge in [-0.1, -0.05) is 12.1 Å². The highest BCUT2D eigenvalue weighted by molar-refractivity contribution is 14.0. The van der Waals surface area contributed by atoms with Crippen LogP contribution in [0.15, 0.2) is 29.3 Å². The van der Waals surface area contributed by atoms with Gasteiger partial charge < -0.3 is 26.2 Å². The van der Waals surface area contributed by atoms with E-state index in [2.05, 4.69) is 26.3 Å². The summed E-state index contributed by atoms with van der Waals surface area (Å²) in [7, 11) is 0. The quantitative estimate of drug-likeness (QED) is 0.212. The third-order valence-electron chi connectivity index (χ3n) is 4.14. The van der Waals surface area contributed by atoms with E-state index in [0.29, 0.717) is 25.5 Å². The second kappa shape index (κ2) is 15.8. The largest absolute Gasteiger partial charge is 0.357 e. The number of nitrogens with zero attached hydrogens (tertiary/aromatic N) is 2. The number of halogens is 1. The van der Waals surface area contributed by atoms with E-state index in [1.165, 1.54) is 0 Å². The Morgan fingerprint density at radius 3 is 2.20 bits per heavy atom. The molecule has 9 heteroatoms. The van der Waals surface area contributed by atoms with Crippen LogP contribution in [-0.4, -0.2) is 55.0 Å². The van der Waals surface area contributed by atoms with Crippen molar-refractivity contribution in [3.8, 4) is 0 Å². The summed E-state index contributed by atoms with van der Waals surface area (Å²) < 4.78 is 0. The zero-order chi connectivity index (χ0) is 21.6. The van der Waals surface area contributed by atoms with Gasteiger partial charge in [-0.05, 0) is 52.3 Å². The van der Waals surface area contributed by atoms with Gasteiger partial charge in [0.2, 0.25) is 5.91 Å². The molecule has 0 aliphatic rings. The van der Waals surface area contributed by atoms with Gasteiger partial charge in [-0.3, -0.25) is 4.79 Å². The van der Waals surface area contributed by atoms with Gasteiger partial charge in [-0.25, -0.2) is 9.79 Å². The van der Waals surface area contributed by atoms with Gasteiger partial charge in [0.25, 0.3) is 0 Å². The summed E-state index contributed by atoms with van der Waals surface area (Å²) in [5.41, 5.74) is 1.76. The summed E-state index contributed by atoms with van der Waals surface area (Å²) in [6.07, 6.45) is 0.435. The number of amides is 3. The molecule has 0 fully saturated rings. The average molecular weight is 532 g/mol. The van der Waals surface area contributed by atoms with Crippen molar-refractivity contribution >= 4 is 47.6 Å². The van der Waals surface area contributed by atoms with Crippen molar-refractivity contribution in [2.24, 2.45) is 4.99 Å². The lowest BCUT2D eigenvalue weighted by Gasteiger charge is -2.19. The molecule has 4 N–H and O–H groups in total. The number of rotatable bonds is 10. The van der Waals surface area contributed by atoms with Gasteiger partial charge in [0.15, 0.2) is 5.96 Å². The first kappa shape index (κ1) is 28.0. The summed E-state index contributed by atoms with van der Waals surface area (Å²) in [5, 5.41) is 12.0. The summed E-state index contributed by atoms with van der Waals surface area (Å²) in [4.78, 5) is 30.2. The lowest BCUT2D eigenvalue weighted by Crippen LogP contribution is -2.40. The van der Waals surface area contributed by atoms with Crippen molar-refractivity contribution in [3.63, 3.8) is 0 Å². The Bertz CT molecular complexity index is 660. The van der Waals surface area contributed by atoms with Crippen LogP contribution in [0.2, 0.25) is 0 Å². The molecule has 0 heterocycles. The van der Waals surface area contributed by atoms with Crippen molar-refractivity contribution in [2.75, 3.05) is 31.5 Å². The molecular weight excluding hydrogens is 495 g/mol. The fraction of sp³-hybridized carbons (Fsp3) is 0.571. The minimum atomic E-state index is -0.219. The molecule has 0 radical (unpaired) electrons. The fourth-order valence-electron chi connectivity index (χ4n) is 2.66. The molecule has 0 aliphatic heterocycles. The Morgan fingerprint density at radius 1 is 1.03 bits per heavy atom. The predicted molar refractivity (Wildman–Crippen MR) is 135 cm³/mol. The van der Waals surface area contributed by atoms with E-state index in [-0.39, 0.29) is 42.0 Å². The van der Waals surface area contributed by atoms with Gasteiger partial charge in [0.05, 0.1) is 6.54 Å². The maximum Gasteiger partial charge on any atom is 0.319 e. The van der Waals surface area contributed by atoms with E-state index < -0.39 is 0 Å². The topological polar surface area (TPSA) is 97.9 Å². The highest BCUT2D eigenvalue weighted by atomic mass is 127. The molecule has 30 heavy (non-hydrogen) atoms. The second-order valence-corrected chi connectivity index (χ2v) is 6.89. The van der Waals surface area contributed by atoms with E-state index in [9.17, 15) is 9.59 Å². The molecule has 8 nitrogen and oxygen atoms in total. The number of guanidine groups is 1. The lowest BCUT2D eigenvalue weighted by atomic mass is 10.2. The molecule has 170 valence electrons. The van der Waals surface area contributed by atoms with Gasteiger partial charge in [-0.15, -0.1) is 24.0 Å². The van der Waals surface area contributed by atoms with Crippen LogP contribution in [0.4, 0.5) is 10.5 Å². The van der Waals surface area contributed by atoms with Crippen LogP contribution in [0.25, 0.3) is 0 Å². The van der Waals surface area contributed by atoms with E-state index >= 15 is 0 Å². The van der Waals surface area contributed by atoms with Crippen LogP contribution >= 0.6 is 24.0 Å². The average Bonchev–Trinajstić information content (AvgIpc) is 2.67. The Labute approximate surface area is 197 Å². The molecule has 0 aromatic heterocycles. The molecule has 0 saturated heterocycles. The maximum atomic E-state index is 12.1. The Balaban J connectivity index is 0.00000841. The normalized spacial score (nSPS) is 10.8. The van der Waals surface area contributed by atoms with Crippen LogP contribution in [0.1, 0.15) is 46.6 Å². The molecule has 0 bridgehead atoms. The highest BCUT2D eigenvalue weighted by Gasteiger charge is 2.09. The number of carbonyl (C=O) groups is 2. The molecule has 0 aliphatic carbocycles. The fourth-order valence-corrected chi connectivity index (χ4v) is 2.66. The van der Waals surface area contributed by atoms with Crippen molar-refractivity contribution in [3.05, 3.63) is 29.8 Å². The van der Waals surface area contributed by atoms with Crippen LogP contribution in [0.3, 0.4) is 0 Å². The van der Waals surface area contributed by atoms with Crippen molar-refractivity contribution in [2.45, 2.75) is 53.6 Å². The molecule has 1 rings (SSSR count). The van der Waals surface area contributed by atoms with Crippen LogP contribution in [0.5, 0.6) is 0 Å². The molecular formula is C21H37IN6O2. The number of urea groups is 1. The first-order valence-corrected chi connectivity index (χ1v) is 10.4. The van der Waals surface area contributed by atoms with Gasteiger partial charge in [-0.2, -0.15) is 0 Å². The van der Waals surface area contributed by atoms with Gasteiger partial charge in [0.1, 0.15) is 0 Å². The Kier molecular flexibility index (Phi) is 14.7. The zero-order valence-corrected chi connectivity index (χ0v) is 21.1. The number of aliphatic imine (C=N–C) groups is 1. The molecule has 3 amide bonds. The number of hydrogen-bond donors (Lipinski definition) is 4. The number of carbonyl (C=O) groups excluding carboxylic acids is 2. The summed E-state index contributed by atoms with van der Waals surface area (Å²) in [5.74, 6) is 0.821. The minimum Gasteiger partial charge on any atom is -0.357 e. The molecule has 0 atom stereocenters. The molecule has 0 saturated carbocycles. The highest BCUT2D eigenvalue weighted by Crippen LogP contribution is 2.10. The molecule has 0 unspecified atom stereocenters. The SMILES string of the molecule is CCNC(=NCc1ccc(NC(=O)NC(C)C)cc1)NCCC(=O)N(CC)CC.I. The van der Waals surface area contributed by atoms with E-state index in [1.54, 1.807) is 0 Å². The number of nitrogens with one attached hydrogen (secondary N) is 4. The lowest BCUT2D eigenvalue weighted by molar-refractivity contribution is -0.130. The van der Waals surface area contributed by atoms with Crippen LogP contribution in [-0.2, 0) is 11.3 Å². The predicted octanol–water partition coefficient (Wildman–Crippen LogP) is 3.15. The summed E-state index contributed by atoms with van der Waals surface area (Å²) in [6.45, 7) is 13.0. The monoisotopic (exact) mass is 532 g/mol. The standard InChI is InChI=1S/C21H36N6O2.HI/c1-6-22-20(23-14-13-19(28)27(7-2)8-3)24-15-17-9-11-18(12-10-17)26-21(29)25-16(4)5;/h9-12,16H,6-8,13-15H2,1-5H3,(H2,22,23,24)(H2,25,26,29);1H. The summed E-state index contributed by atoms with van der Waals surface area (Å²) >= 11 is 0. The zero-order valence-electron chi connectivity index (χ0n) is 18.7. The molecule has 1 aromatic rings. The first-order valence-electron chi connectivity index (χ1n) is 10.4. The molecule has 1 aromatic carbocycles. The first-order chi connectivity index (χ1) is 13.9. The van der Waals surface area contributed by atoms with Crippen LogP contribution < -0.4 is 21.3 Å². The van der Waals surface area contributed by atoms with Crippen LogP contribution in [0, 0.1) is 0 Å². The second-order valence-electron chi connectivity index (χ2n) is 6.89. The smallest absolute Gasteiger partial charge is 0.319 e. The van der Waals surface area contributed by atoms with Crippen molar-refractivity contribution in [1.29, 1.82) is 0 Å². The van der Waals surface area contributed by atoms with E-state index in [4.69, 9.17) is 0 Å². The summed E-state index contributed by atoms with van der Waals surface area (Å²) in [6, 6.07) is 7.44. The van der Waals surface area contributed by atoms with Crippen molar-refractivity contribution in [1.82, 2.24) is 20.9 Å². The van der Waals surface area contributed by atoms with E-state index in [1.807, 2.05) is 63.8 Å².